The fourth-order valence-corrected chi connectivity index (χ4v) is 3.66. The van der Waals surface area contributed by atoms with Gasteiger partial charge >= 0.3 is 0 Å². The zero-order valence-corrected chi connectivity index (χ0v) is 13.2. The number of hydrogen-bond donors (Lipinski definition) is 0. The molecule has 2 nitrogen and oxygen atoms in total. The first-order valence-corrected chi connectivity index (χ1v) is 8.07. The van der Waals surface area contributed by atoms with E-state index in [1.807, 2.05) is 54.6 Å². The van der Waals surface area contributed by atoms with E-state index in [0.29, 0.717) is 0 Å². The van der Waals surface area contributed by atoms with Crippen LogP contribution in [0.2, 0.25) is 0 Å². The van der Waals surface area contributed by atoms with Crippen molar-refractivity contribution < 1.29 is 4.79 Å². The third-order valence-corrected chi connectivity index (χ3v) is 4.91. The Morgan fingerprint density at radius 1 is 0.652 bits per heavy atom. The van der Waals surface area contributed by atoms with Crippen molar-refractivity contribution in [2.24, 2.45) is 4.40 Å². The largest absolute Gasteiger partial charge is 0.247 e. The molecule has 0 atom stereocenters. The summed E-state index contributed by atoms with van der Waals surface area (Å²) in [5.74, 6) is 0. The number of carbonyl (C=O) groups excluding carboxylic acids is 1. The predicted molar refractivity (Wildman–Crippen MR) is 94.9 cm³/mol. The van der Waals surface area contributed by atoms with Crippen LogP contribution in [0.5, 0.6) is 0 Å². The highest BCUT2D eigenvalue weighted by atomic mass is 32.2. The van der Waals surface area contributed by atoms with E-state index in [1.54, 1.807) is 6.08 Å². The smallest absolute Gasteiger partial charge is 0.210 e. The van der Waals surface area contributed by atoms with E-state index in [0.717, 1.165) is 16.7 Å². The van der Waals surface area contributed by atoms with E-state index in [9.17, 15) is 4.79 Å². The zero-order valence-electron chi connectivity index (χ0n) is 12.4. The summed E-state index contributed by atoms with van der Waals surface area (Å²) >= 11 is 1.23. The minimum Gasteiger partial charge on any atom is -0.210 e. The molecule has 0 aliphatic carbocycles. The van der Waals surface area contributed by atoms with E-state index >= 15 is 0 Å². The van der Waals surface area contributed by atoms with Crippen molar-refractivity contribution in [3.63, 3.8) is 0 Å². The Labute approximate surface area is 140 Å². The molecule has 3 aromatic rings. The molecule has 0 heterocycles. The lowest BCUT2D eigenvalue weighted by molar-refractivity contribution is 0.566. The fraction of sp³-hybridized carbons (Fsp3) is 0.0500. The van der Waals surface area contributed by atoms with Crippen molar-refractivity contribution in [2.75, 3.05) is 0 Å². The highest BCUT2D eigenvalue weighted by Crippen LogP contribution is 2.48. The average molecular weight is 317 g/mol. The van der Waals surface area contributed by atoms with Crippen LogP contribution in [0.4, 0.5) is 0 Å². The van der Waals surface area contributed by atoms with Gasteiger partial charge in [-0.05, 0) is 16.7 Å². The fourth-order valence-electron chi connectivity index (χ4n) is 2.76. The van der Waals surface area contributed by atoms with Crippen LogP contribution < -0.4 is 0 Å². The summed E-state index contributed by atoms with van der Waals surface area (Å²) in [7, 11) is 0. The molecule has 3 rings (SSSR count). The van der Waals surface area contributed by atoms with Crippen LogP contribution >= 0.6 is 11.9 Å². The SMILES string of the molecule is O=C=NSC(c1ccccc1)(c1ccccc1)c1ccccc1. The van der Waals surface area contributed by atoms with Crippen LogP contribution in [-0.4, -0.2) is 6.08 Å². The number of benzene rings is 3. The first kappa shape index (κ1) is 15.3. The maximum atomic E-state index is 10.8. The summed E-state index contributed by atoms with van der Waals surface area (Å²) in [5.41, 5.74) is 3.21. The van der Waals surface area contributed by atoms with E-state index in [1.165, 1.54) is 11.9 Å². The van der Waals surface area contributed by atoms with Crippen molar-refractivity contribution in [2.45, 2.75) is 4.75 Å². The summed E-state index contributed by atoms with van der Waals surface area (Å²) in [6.45, 7) is 0. The number of hydrogen-bond acceptors (Lipinski definition) is 3. The van der Waals surface area contributed by atoms with E-state index in [-0.39, 0.29) is 0 Å². The third kappa shape index (κ3) is 2.98. The summed E-state index contributed by atoms with van der Waals surface area (Å²) in [5, 5.41) is 0. The molecule has 0 amide bonds. The van der Waals surface area contributed by atoms with Gasteiger partial charge < -0.3 is 0 Å². The van der Waals surface area contributed by atoms with Gasteiger partial charge in [0, 0.05) is 11.9 Å². The zero-order chi connectivity index (χ0) is 16.0. The summed E-state index contributed by atoms with van der Waals surface area (Å²) in [4.78, 5) is 10.8. The van der Waals surface area contributed by atoms with Gasteiger partial charge in [-0.1, -0.05) is 91.0 Å². The molecular weight excluding hydrogens is 302 g/mol. The molecule has 0 aliphatic rings. The maximum absolute atomic E-state index is 10.8. The topological polar surface area (TPSA) is 29.4 Å². The second-order valence-electron chi connectivity index (χ2n) is 5.05. The Morgan fingerprint density at radius 3 is 1.30 bits per heavy atom. The molecule has 0 saturated carbocycles. The molecule has 112 valence electrons. The molecular formula is C20H15NOS. The summed E-state index contributed by atoms with van der Waals surface area (Å²) in [6, 6.07) is 30.3. The van der Waals surface area contributed by atoms with Gasteiger partial charge in [0.25, 0.3) is 0 Å². The van der Waals surface area contributed by atoms with Crippen LogP contribution in [0.3, 0.4) is 0 Å². The van der Waals surface area contributed by atoms with E-state index in [2.05, 4.69) is 40.8 Å². The number of nitrogens with zero attached hydrogens (tertiary/aromatic N) is 1. The molecule has 3 heteroatoms. The molecule has 0 aliphatic heterocycles. The quantitative estimate of drug-likeness (QED) is 0.288. The Morgan fingerprint density at radius 2 is 1.00 bits per heavy atom. The highest BCUT2D eigenvalue weighted by Gasteiger charge is 2.37. The standard InChI is InChI=1S/C20H15NOS/c22-16-21-23-20(17-10-4-1-5-11-17,18-12-6-2-7-13-18)19-14-8-3-9-15-19/h1-15H. The summed E-state index contributed by atoms with van der Waals surface area (Å²) < 4.78 is 3.30. The lowest BCUT2D eigenvalue weighted by Gasteiger charge is -2.32. The number of isocyanates is 1. The van der Waals surface area contributed by atoms with Crippen molar-refractivity contribution in [3.8, 4) is 0 Å². The first-order chi connectivity index (χ1) is 11.4. The lowest BCUT2D eigenvalue weighted by atomic mass is 9.84. The van der Waals surface area contributed by atoms with Crippen molar-refractivity contribution in [1.82, 2.24) is 0 Å². The number of rotatable bonds is 5. The minimum atomic E-state index is -0.582. The minimum absolute atomic E-state index is 0.582. The highest BCUT2D eigenvalue weighted by molar-refractivity contribution is 7.99. The second kappa shape index (κ2) is 7.10. The normalized spacial score (nSPS) is 10.8. The molecule has 0 fully saturated rings. The van der Waals surface area contributed by atoms with Gasteiger partial charge in [-0.15, -0.1) is 4.40 Å². The van der Waals surface area contributed by atoms with E-state index < -0.39 is 4.75 Å². The maximum Gasteiger partial charge on any atom is 0.247 e. The van der Waals surface area contributed by atoms with Gasteiger partial charge in [0.15, 0.2) is 0 Å². The van der Waals surface area contributed by atoms with Crippen LogP contribution in [0.1, 0.15) is 16.7 Å². The van der Waals surface area contributed by atoms with Gasteiger partial charge in [-0.25, -0.2) is 4.79 Å². The Bertz CT molecular complexity index is 700. The molecule has 0 bridgehead atoms. The van der Waals surface area contributed by atoms with Crippen molar-refractivity contribution >= 4 is 18.0 Å². The third-order valence-electron chi connectivity index (χ3n) is 3.76. The second-order valence-corrected chi connectivity index (χ2v) is 6.03. The van der Waals surface area contributed by atoms with Crippen molar-refractivity contribution in [1.29, 1.82) is 0 Å². The molecule has 23 heavy (non-hydrogen) atoms. The van der Waals surface area contributed by atoms with E-state index in [4.69, 9.17) is 0 Å². The molecule has 0 N–H and O–H groups in total. The van der Waals surface area contributed by atoms with Crippen LogP contribution in [0, 0.1) is 0 Å². The van der Waals surface area contributed by atoms with Crippen LogP contribution in [-0.2, 0) is 9.54 Å². The molecule has 0 aromatic heterocycles. The molecule has 0 unspecified atom stereocenters. The van der Waals surface area contributed by atoms with Gasteiger partial charge in [0.2, 0.25) is 6.08 Å². The van der Waals surface area contributed by atoms with Gasteiger partial charge in [0.1, 0.15) is 4.75 Å². The first-order valence-electron chi connectivity index (χ1n) is 7.30. The van der Waals surface area contributed by atoms with Crippen molar-refractivity contribution in [3.05, 3.63) is 108 Å². The van der Waals surface area contributed by atoms with Crippen LogP contribution in [0.15, 0.2) is 95.4 Å². The van der Waals surface area contributed by atoms with Crippen LogP contribution in [0.25, 0.3) is 0 Å². The average Bonchev–Trinajstić information content (AvgIpc) is 2.65. The van der Waals surface area contributed by atoms with Gasteiger partial charge in [-0.2, -0.15) is 0 Å². The van der Waals surface area contributed by atoms with Gasteiger partial charge in [0.05, 0.1) is 0 Å². The lowest BCUT2D eigenvalue weighted by Crippen LogP contribution is -2.24. The molecule has 3 aromatic carbocycles. The monoisotopic (exact) mass is 317 g/mol. The summed E-state index contributed by atoms with van der Waals surface area (Å²) in [6.07, 6.45) is 1.67. The molecule has 0 radical (unpaired) electrons. The Hall–Kier alpha value is -2.61. The Balaban J connectivity index is 2.32. The molecule has 0 saturated heterocycles. The Kier molecular flexibility index (Phi) is 4.72. The van der Waals surface area contributed by atoms with Gasteiger partial charge in [-0.3, -0.25) is 0 Å². The predicted octanol–water partition coefficient (Wildman–Crippen LogP) is 4.96. The molecule has 0 spiro atoms.